The van der Waals surface area contributed by atoms with Crippen molar-refractivity contribution in [3.63, 3.8) is 0 Å². The topological polar surface area (TPSA) is 89.5 Å². The van der Waals surface area contributed by atoms with E-state index in [9.17, 15) is 9.59 Å². The average Bonchev–Trinajstić information content (AvgIpc) is 3.23. The van der Waals surface area contributed by atoms with E-state index in [1.807, 2.05) is 103 Å². The highest BCUT2D eigenvalue weighted by Gasteiger charge is 2.55. The molecule has 57 heavy (non-hydrogen) atoms. The predicted octanol–water partition coefficient (Wildman–Crippen LogP) is 9.76. The molecule has 5 aromatic rings. The standard InChI is InChI=1S/C48H52O8Si/c1-7-33-51-46-43(55-45(50)36-25-15-9-16-26-36)42(56-57(5,6)47(2,3)4)41(54-44(49)35-23-13-8-14-24-35)40(53-46)34-52-48(37-27-17-10-18-28-37,38-29-19-11-20-30-38)39-31-21-12-22-32-39/h7-32,40-43,46H,1,33-34H2,2-6H3/t40-,41-,42+,43+,46+/m1/s1. The summed E-state index contributed by atoms with van der Waals surface area (Å²) in [4.78, 5) is 28.0. The molecule has 0 unspecified atom stereocenters. The maximum Gasteiger partial charge on any atom is 0.338 e. The summed E-state index contributed by atoms with van der Waals surface area (Å²) in [6.07, 6.45) is -3.82. The van der Waals surface area contributed by atoms with Crippen LogP contribution in [0, 0.1) is 0 Å². The van der Waals surface area contributed by atoms with Crippen LogP contribution in [0.15, 0.2) is 164 Å². The molecule has 8 nitrogen and oxygen atoms in total. The molecule has 1 heterocycles. The Kier molecular flexibility index (Phi) is 13.4. The molecule has 1 aliphatic rings. The Labute approximate surface area is 337 Å². The van der Waals surface area contributed by atoms with Gasteiger partial charge in [-0.25, -0.2) is 9.59 Å². The van der Waals surface area contributed by atoms with Gasteiger partial charge >= 0.3 is 11.9 Å². The van der Waals surface area contributed by atoms with Crippen molar-refractivity contribution >= 4 is 20.3 Å². The average molecular weight is 785 g/mol. The van der Waals surface area contributed by atoms with Crippen molar-refractivity contribution < 1.29 is 37.7 Å². The maximum atomic E-state index is 14.1. The molecular weight excluding hydrogens is 733 g/mol. The monoisotopic (exact) mass is 784 g/mol. The molecule has 1 fully saturated rings. The molecule has 0 saturated carbocycles. The molecular formula is C48H52O8Si. The lowest BCUT2D eigenvalue weighted by Gasteiger charge is -2.49. The van der Waals surface area contributed by atoms with Crippen molar-refractivity contribution in [1.82, 2.24) is 0 Å². The van der Waals surface area contributed by atoms with Gasteiger partial charge in [0.1, 0.15) is 17.8 Å². The second-order valence-corrected chi connectivity index (χ2v) is 20.3. The molecule has 6 rings (SSSR count). The quantitative estimate of drug-likeness (QED) is 0.0449. The number of rotatable bonds is 15. The molecule has 0 N–H and O–H groups in total. The SMILES string of the molecule is C=CCO[C@H]1O[C@H](COC(c2ccccc2)(c2ccccc2)c2ccccc2)[C@@H](OC(=O)c2ccccc2)[C@H](O[Si](C)(C)C(C)(C)C)[C@@H]1OC(=O)c1ccccc1. The molecule has 9 heteroatoms. The number of esters is 2. The highest BCUT2D eigenvalue weighted by molar-refractivity contribution is 6.74. The molecule has 0 bridgehead atoms. The minimum absolute atomic E-state index is 0.0842. The summed E-state index contributed by atoms with van der Waals surface area (Å²) in [7, 11) is -2.70. The molecule has 0 amide bonds. The fraction of sp³-hybridized carbons (Fsp3) is 0.292. The van der Waals surface area contributed by atoms with Gasteiger partial charge in [-0.05, 0) is 59.1 Å². The van der Waals surface area contributed by atoms with Gasteiger partial charge in [0.15, 0.2) is 26.8 Å². The first kappa shape index (κ1) is 41.5. The minimum atomic E-state index is -2.70. The zero-order valence-corrected chi connectivity index (χ0v) is 34.3. The molecule has 0 radical (unpaired) electrons. The van der Waals surface area contributed by atoms with E-state index in [0.717, 1.165) is 16.7 Å². The number of carbonyl (C=O) groups excluding carboxylic acids is 2. The lowest BCUT2D eigenvalue weighted by atomic mass is 9.80. The third kappa shape index (κ3) is 9.52. The largest absolute Gasteiger partial charge is 0.453 e. The Morgan fingerprint density at radius 3 is 1.44 bits per heavy atom. The summed E-state index contributed by atoms with van der Waals surface area (Å²) >= 11 is 0. The molecule has 0 aromatic heterocycles. The lowest BCUT2D eigenvalue weighted by Crippen LogP contribution is -2.65. The van der Waals surface area contributed by atoms with Crippen molar-refractivity contribution in [1.29, 1.82) is 0 Å². The van der Waals surface area contributed by atoms with Gasteiger partial charge < -0.3 is 28.1 Å². The summed E-state index contributed by atoms with van der Waals surface area (Å²) in [5.74, 6) is -1.18. The Bertz CT molecular complexity index is 1940. The molecule has 0 spiro atoms. The smallest absolute Gasteiger partial charge is 0.338 e. The molecule has 5 aromatic carbocycles. The van der Waals surface area contributed by atoms with Crippen LogP contribution in [-0.4, -0.2) is 64.2 Å². The van der Waals surface area contributed by atoms with Gasteiger partial charge in [-0.3, -0.25) is 0 Å². The van der Waals surface area contributed by atoms with Crippen LogP contribution in [0.4, 0.5) is 0 Å². The number of hydrogen-bond donors (Lipinski definition) is 0. The highest BCUT2D eigenvalue weighted by atomic mass is 28.4. The van der Waals surface area contributed by atoms with E-state index in [1.54, 1.807) is 54.6 Å². The molecule has 296 valence electrons. The van der Waals surface area contributed by atoms with Crippen LogP contribution in [0.25, 0.3) is 0 Å². The van der Waals surface area contributed by atoms with Gasteiger partial charge in [-0.15, -0.1) is 6.58 Å². The Morgan fingerprint density at radius 1 is 0.632 bits per heavy atom. The zero-order chi connectivity index (χ0) is 40.5. The molecule has 5 atom stereocenters. The summed E-state index contributed by atoms with van der Waals surface area (Å²) in [6.45, 7) is 14.4. The number of carbonyl (C=O) groups is 2. The van der Waals surface area contributed by atoms with E-state index in [2.05, 4.69) is 40.4 Å². The number of benzene rings is 5. The first-order valence-electron chi connectivity index (χ1n) is 19.3. The van der Waals surface area contributed by atoms with Crippen molar-refractivity contribution in [2.24, 2.45) is 0 Å². The summed E-state index contributed by atoms with van der Waals surface area (Å²) in [5.41, 5.74) is 2.23. The van der Waals surface area contributed by atoms with Crippen molar-refractivity contribution in [3.05, 3.63) is 192 Å². The van der Waals surface area contributed by atoms with E-state index in [-0.39, 0.29) is 18.3 Å². The van der Waals surface area contributed by atoms with Gasteiger partial charge in [0.2, 0.25) is 0 Å². The van der Waals surface area contributed by atoms with Crippen LogP contribution in [0.5, 0.6) is 0 Å². The summed E-state index contributed by atoms with van der Waals surface area (Å²) in [6, 6.07) is 47.5. The van der Waals surface area contributed by atoms with Crippen LogP contribution in [0.3, 0.4) is 0 Å². The van der Waals surface area contributed by atoms with Gasteiger partial charge in [0.25, 0.3) is 0 Å². The maximum absolute atomic E-state index is 14.1. The Balaban J connectivity index is 1.50. The van der Waals surface area contributed by atoms with E-state index in [0.29, 0.717) is 11.1 Å². The van der Waals surface area contributed by atoms with Gasteiger partial charge in [0, 0.05) is 0 Å². The van der Waals surface area contributed by atoms with Crippen LogP contribution in [0.1, 0.15) is 58.2 Å². The molecule has 1 saturated heterocycles. The van der Waals surface area contributed by atoms with Crippen LogP contribution >= 0.6 is 0 Å². The Hall–Kier alpha value is -5.16. The predicted molar refractivity (Wildman–Crippen MR) is 223 cm³/mol. The van der Waals surface area contributed by atoms with Crippen LogP contribution in [-0.2, 0) is 33.7 Å². The lowest BCUT2D eigenvalue weighted by molar-refractivity contribution is -0.298. The fourth-order valence-electron chi connectivity index (χ4n) is 6.74. The fourth-order valence-corrected chi connectivity index (χ4v) is 8.04. The van der Waals surface area contributed by atoms with Crippen LogP contribution < -0.4 is 0 Å². The first-order chi connectivity index (χ1) is 27.4. The third-order valence-corrected chi connectivity index (χ3v) is 15.2. The van der Waals surface area contributed by atoms with E-state index < -0.39 is 56.6 Å². The van der Waals surface area contributed by atoms with Crippen molar-refractivity contribution in [2.75, 3.05) is 13.2 Å². The Morgan fingerprint density at radius 2 is 1.04 bits per heavy atom. The van der Waals surface area contributed by atoms with Gasteiger partial charge in [-0.1, -0.05) is 154 Å². The van der Waals surface area contributed by atoms with E-state index in [4.69, 9.17) is 28.1 Å². The van der Waals surface area contributed by atoms with Gasteiger partial charge in [0.05, 0.1) is 24.3 Å². The van der Waals surface area contributed by atoms with E-state index >= 15 is 0 Å². The summed E-state index contributed by atoms with van der Waals surface area (Å²) < 4.78 is 40.4. The minimum Gasteiger partial charge on any atom is -0.453 e. The second-order valence-electron chi connectivity index (χ2n) is 15.6. The third-order valence-electron chi connectivity index (χ3n) is 10.7. The first-order valence-corrected chi connectivity index (χ1v) is 22.2. The van der Waals surface area contributed by atoms with E-state index in [1.165, 1.54) is 0 Å². The van der Waals surface area contributed by atoms with Gasteiger partial charge in [-0.2, -0.15) is 0 Å². The number of ether oxygens (including phenoxy) is 5. The van der Waals surface area contributed by atoms with Crippen molar-refractivity contribution in [3.8, 4) is 0 Å². The zero-order valence-electron chi connectivity index (χ0n) is 33.3. The summed E-state index contributed by atoms with van der Waals surface area (Å²) in [5, 5.41) is -0.278. The molecule has 1 aliphatic heterocycles. The second kappa shape index (κ2) is 18.4. The van der Waals surface area contributed by atoms with Crippen LogP contribution in [0.2, 0.25) is 18.1 Å². The number of hydrogen-bond acceptors (Lipinski definition) is 8. The highest BCUT2D eigenvalue weighted by Crippen LogP contribution is 2.44. The van der Waals surface area contributed by atoms with Crippen molar-refractivity contribution in [2.45, 2.75) is 75.2 Å². The molecule has 0 aliphatic carbocycles. The normalized spacial score (nSPS) is 20.0.